The van der Waals surface area contributed by atoms with Crippen molar-refractivity contribution in [2.45, 2.75) is 50.6 Å². The molecular formula is C25H30F3N5OS2. The van der Waals surface area contributed by atoms with Gasteiger partial charge in [0.25, 0.3) is 5.91 Å². The molecule has 3 fully saturated rings. The number of carbonyl (C=O) groups is 1. The topological polar surface area (TPSA) is 60.5 Å². The van der Waals surface area contributed by atoms with E-state index < -0.39 is 17.6 Å². The van der Waals surface area contributed by atoms with E-state index in [0.29, 0.717) is 5.69 Å². The zero-order chi connectivity index (χ0) is 25.3. The van der Waals surface area contributed by atoms with E-state index in [2.05, 4.69) is 20.5 Å². The van der Waals surface area contributed by atoms with E-state index in [-0.39, 0.29) is 17.3 Å². The fourth-order valence-electron chi connectivity index (χ4n) is 4.81. The Hall–Kier alpha value is -2.40. The van der Waals surface area contributed by atoms with Gasteiger partial charge in [-0.2, -0.15) is 13.2 Å². The first-order chi connectivity index (χ1) is 17.3. The van der Waals surface area contributed by atoms with Crippen LogP contribution in [0.3, 0.4) is 0 Å². The van der Waals surface area contributed by atoms with Gasteiger partial charge in [-0.15, -0.1) is 11.3 Å². The molecule has 0 radical (unpaired) electrons. The SMILES string of the molecule is O=C(Nc1cc(C(F)(F)F)ccc1N1CCCC1)c1csc(C2CCN(C(=S)NCC3CC3)CC2)n1. The van der Waals surface area contributed by atoms with Crippen LogP contribution in [0.2, 0.25) is 0 Å². The highest BCUT2D eigenvalue weighted by atomic mass is 32.1. The van der Waals surface area contributed by atoms with Crippen LogP contribution in [0.4, 0.5) is 24.5 Å². The lowest BCUT2D eigenvalue weighted by molar-refractivity contribution is -0.137. The molecule has 0 spiro atoms. The first-order valence-corrected chi connectivity index (χ1v) is 13.8. The van der Waals surface area contributed by atoms with Crippen LogP contribution in [0, 0.1) is 5.92 Å². The summed E-state index contributed by atoms with van der Waals surface area (Å²) < 4.78 is 40.1. The van der Waals surface area contributed by atoms with Crippen LogP contribution in [0.25, 0.3) is 0 Å². The van der Waals surface area contributed by atoms with Gasteiger partial charge in [-0.3, -0.25) is 4.79 Å². The van der Waals surface area contributed by atoms with Crippen LogP contribution in [-0.4, -0.2) is 53.6 Å². The quantitative estimate of drug-likeness (QED) is 0.476. The molecule has 0 unspecified atom stereocenters. The molecule has 36 heavy (non-hydrogen) atoms. The Bertz CT molecular complexity index is 1100. The van der Waals surface area contributed by atoms with Crippen molar-refractivity contribution in [1.82, 2.24) is 15.2 Å². The lowest BCUT2D eigenvalue weighted by Crippen LogP contribution is -2.44. The molecule has 1 aromatic carbocycles. The summed E-state index contributed by atoms with van der Waals surface area (Å²) in [6.07, 6.45) is 1.82. The molecule has 2 saturated heterocycles. The van der Waals surface area contributed by atoms with Gasteiger partial charge >= 0.3 is 6.18 Å². The van der Waals surface area contributed by atoms with Crippen molar-refractivity contribution in [1.29, 1.82) is 0 Å². The zero-order valence-electron chi connectivity index (χ0n) is 19.9. The number of hydrogen-bond acceptors (Lipinski definition) is 5. The fraction of sp³-hybridized carbons (Fsp3) is 0.560. The number of alkyl halides is 3. The van der Waals surface area contributed by atoms with Gasteiger partial charge in [-0.25, -0.2) is 4.98 Å². The van der Waals surface area contributed by atoms with E-state index in [9.17, 15) is 18.0 Å². The average Bonchev–Trinajstić information content (AvgIpc) is 3.31. The number of piperidine rings is 1. The number of anilines is 2. The summed E-state index contributed by atoms with van der Waals surface area (Å²) in [6.45, 7) is 4.15. The van der Waals surface area contributed by atoms with Crippen LogP contribution >= 0.6 is 23.6 Å². The molecule has 11 heteroatoms. The maximum atomic E-state index is 13.4. The third-order valence-corrected chi connectivity index (χ3v) is 8.55. The average molecular weight is 538 g/mol. The minimum Gasteiger partial charge on any atom is -0.370 e. The Morgan fingerprint density at radius 3 is 2.50 bits per heavy atom. The van der Waals surface area contributed by atoms with E-state index in [1.165, 1.54) is 30.2 Å². The number of thiocarbonyl (C=S) groups is 1. The van der Waals surface area contributed by atoms with E-state index in [0.717, 1.165) is 86.6 Å². The number of likely N-dealkylation sites (tertiary alicyclic amines) is 1. The number of halogens is 3. The van der Waals surface area contributed by atoms with E-state index in [1.54, 1.807) is 5.38 Å². The molecule has 1 saturated carbocycles. The van der Waals surface area contributed by atoms with Gasteiger partial charge in [-0.1, -0.05) is 0 Å². The Labute approximate surface area is 218 Å². The summed E-state index contributed by atoms with van der Waals surface area (Å²) in [5.74, 6) is 0.524. The number of amides is 1. The van der Waals surface area contributed by atoms with Crippen molar-refractivity contribution in [2.24, 2.45) is 5.92 Å². The molecule has 2 N–H and O–H groups in total. The summed E-state index contributed by atoms with van der Waals surface area (Å²) in [7, 11) is 0. The highest BCUT2D eigenvalue weighted by Gasteiger charge is 2.32. The van der Waals surface area contributed by atoms with Gasteiger partial charge in [0.1, 0.15) is 5.69 Å². The summed E-state index contributed by atoms with van der Waals surface area (Å²) in [6, 6.07) is 3.55. The number of nitrogens with one attached hydrogen (secondary N) is 2. The maximum absolute atomic E-state index is 13.4. The molecule has 1 amide bonds. The number of carbonyl (C=O) groups excluding carboxylic acids is 1. The first kappa shape index (κ1) is 25.3. The number of aromatic nitrogens is 1. The molecule has 0 atom stereocenters. The van der Waals surface area contributed by atoms with Crippen molar-refractivity contribution in [3.05, 3.63) is 39.8 Å². The second-order valence-electron chi connectivity index (χ2n) is 9.84. The molecule has 2 aromatic rings. The summed E-state index contributed by atoms with van der Waals surface area (Å²) in [5.41, 5.74) is 0.245. The molecule has 194 valence electrons. The highest BCUT2D eigenvalue weighted by Crippen LogP contribution is 2.37. The van der Waals surface area contributed by atoms with Gasteiger partial charge in [0.05, 0.1) is 21.9 Å². The second kappa shape index (κ2) is 10.5. The third-order valence-electron chi connectivity index (χ3n) is 7.14. The normalized spacial score (nSPS) is 19.0. The van der Waals surface area contributed by atoms with E-state index in [1.807, 2.05) is 4.90 Å². The number of hydrogen-bond donors (Lipinski definition) is 2. The van der Waals surface area contributed by atoms with Gasteiger partial charge in [0.15, 0.2) is 5.11 Å². The standard InChI is InChI=1S/C25H30F3N5OS2/c26-25(27,28)18-5-6-21(32-9-1-2-10-32)19(13-18)30-22(34)20-15-36-23(31-20)17-7-11-33(12-8-17)24(35)29-14-16-3-4-16/h5-6,13,15-17H,1-4,7-12,14H2,(H,29,35)(H,30,34). The Kier molecular flexibility index (Phi) is 7.39. The van der Waals surface area contributed by atoms with Gasteiger partial charge in [0, 0.05) is 44.0 Å². The molecule has 2 aliphatic heterocycles. The Morgan fingerprint density at radius 2 is 1.83 bits per heavy atom. The van der Waals surface area contributed by atoms with Crippen LogP contribution in [0.1, 0.15) is 65.5 Å². The van der Waals surface area contributed by atoms with Crippen LogP contribution < -0.4 is 15.5 Å². The van der Waals surface area contributed by atoms with Crippen molar-refractivity contribution < 1.29 is 18.0 Å². The Morgan fingerprint density at radius 1 is 1.11 bits per heavy atom. The fourth-order valence-corrected chi connectivity index (χ4v) is 6.04. The molecule has 3 heterocycles. The smallest absolute Gasteiger partial charge is 0.370 e. The minimum absolute atomic E-state index is 0.173. The molecule has 0 bridgehead atoms. The second-order valence-corrected chi connectivity index (χ2v) is 11.1. The number of benzene rings is 1. The zero-order valence-corrected chi connectivity index (χ0v) is 21.6. The van der Waals surface area contributed by atoms with Gasteiger partial charge < -0.3 is 20.4 Å². The molecular weight excluding hydrogens is 507 g/mol. The van der Waals surface area contributed by atoms with Crippen LogP contribution in [0.5, 0.6) is 0 Å². The number of rotatable bonds is 6. The predicted octanol–water partition coefficient (Wildman–Crippen LogP) is 5.48. The molecule has 6 nitrogen and oxygen atoms in total. The molecule has 1 aliphatic carbocycles. The van der Waals surface area contributed by atoms with Crippen LogP contribution in [0.15, 0.2) is 23.6 Å². The van der Waals surface area contributed by atoms with E-state index >= 15 is 0 Å². The first-order valence-electron chi connectivity index (χ1n) is 12.5. The largest absolute Gasteiger partial charge is 0.416 e. The predicted molar refractivity (Wildman–Crippen MR) is 140 cm³/mol. The van der Waals surface area contributed by atoms with Crippen molar-refractivity contribution in [2.75, 3.05) is 42.9 Å². The minimum atomic E-state index is -4.48. The summed E-state index contributed by atoms with van der Waals surface area (Å²) in [5, 5.41) is 9.48. The Balaban J connectivity index is 1.23. The summed E-state index contributed by atoms with van der Waals surface area (Å²) >= 11 is 6.97. The number of thiazole rings is 1. The molecule has 3 aliphatic rings. The summed E-state index contributed by atoms with van der Waals surface area (Å²) in [4.78, 5) is 21.8. The highest BCUT2D eigenvalue weighted by molar-refractivity contribution is 7.80. The van der Waals surface area contributed by atoms with E-state index in [4.69, 9.17) is 12.2 Å². The lowest BCUT2D eigenvalue weighted by atomic mass is 9.98. The lowest BCUT2D eigenvalue weighted by Gasteiger charge is -2.33. The van der Waals surface area contributed by atoms with Gasteiger partial charge in [0.2, 0.25) is 0 Å². The van der Waals surface area contributed by atoms with Gasteiger partial charge in [-0.05, 0) is 74.9 Å². The molecule has 1 aromatic heterocycles. The van der Waals surface area contributed by atoms with Crippen LogP contribution in [-0.2, 0) is 6.18 Å². The number of nitrogens with zero attached hydrogens (tertiary/aromatic N) is 3. The van der Waals surface area contributed by atoms with Crippen molar-refractivity contribution >= 4 is 45.9 Å². The monoisotopic (exact) mass is 537 g/mol. The maximum Gasteiger partial charge on any atom is 0.416 e. The van der Waals surface area contributed by atoms with Crippen molar-refractivity contribution in [3.63, 3.8) is 0 Å². The molecule has 5 rings (SSSR count). The third kappa shape index (κ3) is 5.94. The van der Waals surface area contributed by atoms with Crippen molar-refractivity contribution in [3.8, 4) is 0 Å².